The van der Waals surface area contributed by atoms with Crippen molar-refractivity contribution in [3.8, 4) is 6.07 Å². The summed E-state index contributed by atoms with van der Waals surface area (Å²) < 4.78 is 14.7. The number of halogens is 1. The van der Waals surface area contributed by atoms with Crippen molar-refractivity contribution in [1.82, 2.24) is 25.6 Å². The fourth-order valence-electron chi connectivity index (χ4n) is 3.69. The van der Waals surface area contributed by atoms with E-state index in [1.54, 1.807) is 20.8 Å². The molecule has 0 bridgehead atoms. The van der Waals surface area contributed by atoms with Gasteiger partial charge in [-0.2, -0.15) is 10.2 Å². The smallest absolute Gasteiger partial charge is 0.256 e. The molecule has 180 valence electrons. The van der Waals surface area contributed by atoms with Crippen molar-refractivity contribution in [2.75, 3.05) is 23.7 Å². The quantitative estimate of drug-likeness (QED) is 0.408. The first-order chi connectivity index (χ1) is 16.8. The SMILES string of the molecule is CCNC(=O)c1cnc(Nc2ccc3c(c2)CNCC3)nc1Nc1nc(C(C)(C)C#N)ccc1F. The number of anilines is 4. The largest absolute Gasteiger partial charge is 0.352 e. The number of nitrogens with one attached hydrogen (secondary N) is 4. The van der Waals surface area contributed by atoms with Gasteiger partial charge in [-0.1, -0.05) is 6.07 Å². The van der Waals surface area contributed by atoms with Gasteiger partial charge < -0.3 is 21.3 Å². The molecule has 10 heteroatoms. The third-order valence-corrected chi connectivity index (χ3v) is 5.72. The maximum Gasteiger partial charge on any atom is 0.256 e. The third-order valence-electron chi connectivity index (χ3n) is 5.72. The van der Waals surface area contributed by atoms with E-state index in [0.29, 0.717) is 12.2 Å². The molecule has 4 N–H and O–H groups in total. The Morgan fingerprint density at radius 2 is 2.00 bits per heavy atom. The van der Waals surface area contributed by atoms with E-state index in [2.05, 4.69) is 48.4 Å². The first-order valence-corrected chi connectivity index (χ1v) is 11.4. The zero-order valence-electron chi connectivity index (χ0n) is 19.9. The summed E-state index contributed by atoms with van der Waals surface area (Å²) in [4.78, 5) is 25.7. The first-order valence-electron chi connectivity index (χ1n) is 11.4. The molecule has 3 aromatic rings. The predicted molar refractivity (Wildman–Crippen MR) is 131 cm³/mol. The maximum atomic E-state index is 14.7. The van der Waals surface area contributed by atoms with Gasteiger partial charge >= 0.3 is 0 Å². The average Bonchev–Trinajstić information content (AvgIpc) is 2.85. The molecule has 0 radical (unpaired) electrons. The highest BCUT2D eigenvalue weighted by atomic mass is 19.1. The molecule has 1 amide bonds. The molecule has 1 aliphatic rings. The Balaban J connectivity index is 1.68. The second kappa shape index (κ2) is 10.0. The number of carbonyl (C=O) groups excluding carboxylic acids is 1. The first kappa shape index (κ1) is 24.0. The second-order valence-electron chi connectivity index (χ2n) is 8.74. The summed E-state index contributed by atoms with van der Waals surface area (Å²) in [5.74, 6) is -0.861. The van der Waals surface area contributed by atoms with Crippen LogP contribution in [0.5, 0.6) is 0 Å². The average molecular weight is 475 g/mol. The lowest BCUT2D eigenvalue weighted by Crippen LogP contribution is -2.25. The summed E-state index contributed by atoms with van der Waals surface area (Å²) >= 11 is 0. The van der Waals surface area contributed by atoms with Crippen LogP contribution in [-0.2, 0) is 18.4 Å². The van der Waals surface area contributed by atoms with E-state index in [-0.39, 0.29) is 23.1 Å². The Bertz CT molecular complexity index is 1300. The van der Waals surface area contributed by atoms with Crippen LogP contribution in [-0.4, -0.2) is 33.9 Å². The molecule has 0 aliphatic carbocycles. The lowest BCUT2D eigenvalue weighted by atomic mass is 9.91. The lowest BCUT2D eigenvalue weighted by Gasteiger charge is -2.19. The number of fused-ring (bicyclic) bond motifs is 1. The summed E-state index contributed by atoms with van der Waals surface area (Å²) in [5, 5.41) is 21.5. The second-order valence-corrected chi connectivity index (χ2v) is 8.74. The lowest BCUT2D eigenvalue weighted by molar-refractivity contribution is 0.0956. The maximum absolute atomic E-state index is 14.7. The number of carbonyl (C=O) groups is 1. The Morgan fingerprint density at radius 3 is 2.77 bits per heavy atom. The van der Waals surface area contributed by atoms with Crippen LogP contribution in [0.4, 0.5) is 27.7 Å². The molecular formula is C25H27FN8O. The van der Waals surface area contributed by atoms with E-state index < -0.39 is 17.1 Å². The van der Waals surface area contributed by atoms with Crippen LogP contribution >= 0.6 is 0 Å². The van der Waals surface area contributed by atoms with Crippen LogP contribution in [0.15, 0.2) is 36.5 Å². The van der Waals surface area contributed by atoms with Crippen LogP contribution < -0.4 is 21.3 Å². The molecule has 0 atom stereocenters. The number of hydrogen-bond acceptors (Lipinski definition) is 8. The summed E-state index contributed by atoms with van der Waals surface area (Å²) in [7, 11) is 0. The zero-order chi connectivity index (χ0) is 25.0. The van der Waals surface area contributed by atoms with Gasteiger partial charge in [0.05, 0.1) is 17.2 Å². The normalized spacial score (nSPS) is 12.9. The summed E-state index contributed by atoms with van der Waals surface area (Å²) in [6.07, 6.45) is 2.35. The highest BCUT2D eigenvalue weighted by molar-refractivity contribution is 5.99. The van der Waals surface area contributed by atoms with E-state index in [0.717, 1.165) is 25.2 Å². The van der Waals surface area contributed by atoms with E-state index in [9.17, 15) is 14.4 Å². The van der Waals surface area contributed by atoms with Crippen molar-refractivity contribution < 1.29 is 9.18 Å². The van der Waals surface area contributed by atoms with Gasteiger partial charge in [0.15, 0.2) is 11.6 Å². The number of benzene rings is 1. The van der Waals surface area contributed by atoms with Crippen LogP contribution in [0.3, 0.4) is 0 Å². The molecule has 1 aromatic carbocycles. The minimum atomic E-state index is -0.924. The minimum Gasteiger partial charge on any atom is -0.352 e. The van der Waals surface area contributed by atoms with Gasteiger partial charge in [-0.15, -0.1) is 0 Å². The number of amides is 1. The van der Waals surface area contributed by atoms with Gasteiger partial charge in [0.1, 0.15) is 11.4 Å². The Hall–Kier alpha value is -4.10. The monoisotopic (exact) mass is 474 g/mol. The van der Waals surface area contributed by atoms with Gasteiger partial charge in [0.2, 0.25) is 5.95 Å². The number of nitriles is 1. The van der Waals surface area contributed by atoms with Gasteiger partial charge in [-0.3, -0.25) is 4.79 Å². The third kappa shape index (κ3) is 5.36. The Morgan fingerprint density at radius 1 is 1.17 bits per heavy atom. The minimum absolute atomic E-state index is 0.0893. The van der Waals surface area contributed by atoms with Crippen LogP contribution in [0.2, 0.25) is 0 Å². The predicted octanol–water partition coefficient (Wildman–Crippen LogP) is 3.69. The zero-order valence-corrected chi connectivity index (χ0v) is 19.9. The number of aromatic nitrogens is 3. The van der Waals surface area contributed by atoms with Gasteiger partial charge in [0.25, 0.3) is 5.91 Å². The molecule has 35 heavy (non-hydrogen) atoms. The molecule has 0 fully saturated rings. The highest BCUT2D eigenvalue weighted by Gasteiger charge is 2.24. The summed E-state index contributed by atoms with van der Waals surface area (Å²) in [6, 6.07) is 10.9. The number of rotatable bonds is 7. The molecule has 4 rings (SSSR count). The van der Waals surface area contributed by atoms with Crippen molar-refractivity contribution in [2.45, 2.75) is 39.2 Å². The van der Waals surface area contributed by atoms with Crippen molar-refractivity contribution in [1.29, 1.82) is 5.26 Å². The fourth-order valence-corrected chi connectivity index (χ4v) is 3.69. The van der Waals surface area contributed by atoms with E-state index in [1.165, 1.54) is 29.5 Å². The molecule has 9 nitrogen and oxygen atoms in total. The van der Waals surface area contributed by atoms with Crippen molar-refractivity contribution in [2.24, 2.45) is 0 Å². The number of nitrogens with zero attached hydrogens (tertiary/aromatic N) is 4. The van der Waals surface area contributed by atoms with Crippen LogP contribution in [0.25, 0.3) is 0 Å². The van der Waals surface area contributed by atoms with E-state index in [1.807, 2.05) is 12.1 Å². The standard InChI is InChI=1S/C25H27FN8O/c1-4-29-23(35)18-13-30-24(31-17-6-5-15-9-10-28-12-16(15)11-17)34-21(18)33-22-19(26)7-8-20(32-22)25(2,3)14-27/h5-8,11,13,28H,4,9-10,12H2,1-3H3,(H,29,35)(H2,30,31,32,33,34). The Labute approximate surface area is 203 Å². The van der Waals surface area contributed by atoms with Crippen LogP contribution in [0, 0.1) is 17.1 Å². The van der Waals surface area contributed by atoms with Crippen molar-refractivity contribution >= 4 is 29.2 Å². The molecule has 3 heterocycles. The van der Waals surface area contributed by atoms with Crippen molar-refractivity contribution in [3.05, 3.63) is 64.7 Å². The summed E-state index contributed by atoms with van der Waals surface area (Å²) in [5.41, 5.74) is 2.89. The molecule has 0 spiro atoms. The fraction of sp³-hybridized carbons (Fsp3) is 0.320. The molecule has 1 aliphatic heterocycles. The van der Waals surface area contributed by atoms with Gasteiger partial charge in [-0.25, -0.2) is 14.4 Å². The molecule has 0 saturated heterocycles. The molecule has 0 unspecified atom stereocenters. The summed E-state index contributed by atoms with van der Waals surface area (Å²) in [6.45, 7) is 7.32. The molecule has 0 saturated carbocycles. The Kier molecular flexibility index (Phi) is 6.89. The van der Waals surface area contributed by atoms with E-state index in [4.69, 9.17) is 0 Å². The number of hydrogen-bond donors (Lipinski definition) is 4. The van der Waals surface area contributed by atoms with Crippen LogP contribution in [0.1, 0.15) is 48.0 Å². The van der Waals surface area contributed by atoms with Gasteiger partial charge in [-0.05, 0) is 69.1 Å². The molecular weight excluding hydrogens is 447 g/mol. The highest BCUT2D eigenvalue weighted by Crippen LogP contribution is 2.27. The molecule has 2 aromatic heterocycles. The topological polar surface area (TPSA) is 128 Å². The van der Waals surface area contributed by atoms with Gasteiger partial charge in [0, 0.05) is 25.0 Å². The van der Waals surface area contributed by atoms with E-state index >= 15 is 0 Å². The van der Waals surface area contributed by atoms with Crippen molar-refractivity contribution in [3.63, 3.8) is 0 Å². The number of pyridine rings is 1.